The molecule has 0 aromatic heterocycles. The number of amides is 2. The maximum absolute atomic E-state index is 12.0. The second-order valence-corrected chi connectivity index (χ2v) is 5.59. The van der Waals surface area contributed by atoms with E-state index >= 15 is 0 Å². The smallest absolute Gasteiger partial charge is 0.242 e. The maximum atomic E-state index is 12.0. The van der Waals surface area contributed by atoms with Gasteiger partial charge in [0.1, 0.15) is 0 Å². The summed E-state index contributed by atoms with van der Waals surface area (Å²) >= 11 is 0. The molecular formula is C13H25N3O3. The van der Waals surface area contributed by atoms with Crippen molar-refractivity contribution in [3.63, 3.8) is 0 Å². The monoisotopic (exact) mass is 271 g/mol. The maximum Gasteiger partial charge on any atom is 0.242 e. The molecule has 2 amide bonds. The summed E-state index contributed by atoms with van der Waals surface area (Å²) in [5, 5.41) is 11.9. The van der Waals surface area contributed by atoms with Gasteiger partial charge in [0, 0.05) is 6.54 Å². The highest BCUT2D eigenvalue weighted by atomic mass is 16.3. The predicted octanol–water partition coefficient (Wildman–Crippen LogP) is -0.685. The van der Waals surface area contributed by atoms with Crippen molar-refractivity contribution in [2.75, 3.05) is 19.7 Å². The van der Waals surface area contributed by atoms with E-state index in [0.717, 1.165) is 6.42 Å². The molecule has 1 fully saturated rings. The molecule has 110 valence electrons. The fraction of sp³-hybridized carbons (Fsp3) is 0.846. The number of nitrogens with zero attached hydrogens (tertiary/aromatic N) is 1. The van der Waals surface area contributed by atoms with Crippen molar-refractivity contribution >= 4 is 11.8 Å². The van der Waals surface area contributed by atoms with Gasteiger partial charge < -0.3 is 21.1 Å². The van der Waals surface area contributed by atoms with Crippen LogP contribution in [0.15, 0.2) is 0 Å². The van der Waals surface area contributed by atoms with Gasteiger partial charge in [0.25, 0.3) is 0 Å². The van der Waals surface area contributed by atoms with Gasteiger partial charge in [0.2, 0.25) is 11.8 Å². The first-order valence-electron chi connectivity index (χ1n) is 6.82. The van der Waals surface area contributed by atoms with Crippen molar-refractivity contribution in [1.29, 1.82) is 0 Å². The van der Waals surface area contributed by atoms with Crippen LogP contribution < -0.4 is 11.1 Å². The minimum Gasteiger partial charge on any atom is -0.394 e. The van der Waals surface area contributed by atoms with Gasteiger partial charge >= 0.3 is 0 Å². The topological polar surface area (TPSA) is 95.7 Å². The molecule has 1 heterocycles. The third-order valence-electron chi connectivity index (χ3n) is 3.82. The zero-order chi connectivity index (χ0) is 14.6. The summed E-state index contributed by atoms with van der Waals surface area (Å²) in [4.78, 5) is 25.3. The number of likely N-dealkylation sites (tertiary alicyclic amines) is 1. The van der Waals surface area contributed by atoms with E-state index in [1.54, 1.807) is 4.90 Å². The second-order valence-electron chi connectivity index (χ2n) is 5.59. The molecular weight excluding hydrogens is 246 g/mol. The van der Waals surface area contributed by atoms with Crippen LogP contribution in [0.3, 0.4) is 0 Å². The van der Waals surface area contributed by atoms with Crippen LogP contribution in [-0.4, -0.2) is 53.6 Å². The molecule has 3 atom stereocenters. The Morgan fingerprint density at radius 1 is 1.47 bits per heavy atom. The zero-order valence-corrected chi connectivity index (χ0v) is 11.9. The van der Waals surface area contributed by atoms with E-state index in [1.807, 2.05) is 20.8 Å². The Kier molecular flexibility index (Phi) is 5.75. The molecule has 4 N–H and O–H groups in total. The number of aliphatic hydroxyl groups excluding tert-OH is 1. The number of hydrogen-bond acceptors (Lipinski definition) is 4. The van der Waals surface area contributed by atoms with E-state index in [-0.39, 0.29) is 36.9 Å². The van der Waals surface area contributed by atoms with Crippen molar-refractivity contribution in [2.45, 2.75) is 39.3 Å². The molecule has 1 saturated heterocycles. The van der Waals surface area contributed by atoms with Crippen LogP contribution in [0.25, 0.3) is 0 Å². The standard InChI is InChI=1S/C13H25N3O3/c1-8(2)12(14)13(19)15-6-11(18)16-5-4-9(3)10(16)7-17/h8-10,12,17H,4-7,14H2,1-3H3,(H,15,19)/t9?,10?,12-/m0/s1. The number of rotatable bonds is 5. The molecule has 0 aliphatic carbocycles. The summed E-state index contributed by atoms with van der Waals surface area (Å²) in [6, 6.07) is -0.734. The molecule has 0 spiro atoms. The minimum absolute atomic E-state index is 0.0344. The van der Waals surface area contributed by atoms with Gasteiger partial charge in [0.15, 0.2) is 0 Å². The molecule has 0 radical (unpaired) electrons. The Bertz CT molecular complexity index is 333. The highest BCUT2D eigenvalue weighted by molar-refractivity contribution is 5.87. The highest BCUT2D eigenvalue weighted by Gasteiger charge is 2.33. The lowest BCUT2D eigenvalue weighted by atomic mass is 10.0. The molecule has 6 heteroatoms. The van der Waals surface area contributed by atoms with E-state index in [0.29, 0.717) is 12.5 Å². The Morgan fingerprint density at radius 3 is 2.63 bits per heavy atom. The third kappa shape index (κ3) is 3.91. The van der Waals surface area contributed by atoms with Gasteiger partial charge in [-0.25, -0.2) is 0 Å². The summed E-state index contributed by atoms with van der Waals surface area (Å²) in [7, 11) is 0. The number of nitrogens with two attached hydrogens (primary N) is 1. The number of aliphatic hydroxyl groups is 1. The van der Waals surface area contributed by atoms with Crippen molar-refractivity contribution in [3.8, 4) is 0 Å². The van der Waals surface area contributed by atoms with Crippen LogP contribution in [0.1, 0.15) is 27.2 Å². The molecule has 1 aliphatic rings. The molecule has 1 aliphatic heterocycles. The van der Waals surface area contributed by atoms with Crippen molar-refractivity contribution in [1.82, 2.24) is 10.2 Å². The average molecular weight is 271 g/mol. The van der Waals surface area contributed by atoms with Crippen LogP contribution in [0.4, 0.5) is 0 Å². The van der Waals surface area contributed by atoms with E-state index in [9.17, 15) is 14.7 Å². The predicted molar refractivity (Wildman–Crippen MR) is 72.2 cm³/mol. The fourth-order valence-electron chi connectivity index (χ4n) is 2.28. The van der Waals surface area contributed by atoms with Crippen LogP contribution in [-0.2, 0) is 9.59 Å². The second kappa shape index (κ2) is 6.86. The van der Waals surface area contributed by atoms with E-state index in [1.165, 1.54) is 0 Å². The SMILES string of the molecule is CC1CCN(C(=O)CNC(=O)[C@@H](N)C(C)C)C1CO. The van der Waals surface area contributed by atoms with Gasteiger partial charge in [-0.1, -0.05) is 20.8 Å². The van der Waals surface area contributed by atoms with E-state index < -0.39 is 6.04 Å². The van der Waals surface area contributed by atoms with Crippen molar-refractivity contribution in [3.05, 3.63) is 0 Å². The zero-order valence-electron chi connectivity index (χ0n) is 11.9. The fourth-order valence-corrected chi connectivity index (χ4v) is 2.28. The van der Waals surface area contributed by atoms with E-state index in [2.05, 4.69) is 5.32 Å². The molecule has 0 bridgehead atoms. The Hall–Kier alpha value is -1.14. The van der Waals surface area contributed by atoms with Gasteiger partial charge in [-0.05, 0) is 18.3 Å². The Balaban J connectivity index is 2.46. The van der Waals surface area contributed by atoms with Crippen molar-refractivity contribution < 1.29 is 14.7 Å². The molecule has 1 rings (SSSR count). The molecule has 0 aromatic carbocycles. The Labute approximate surface area is 114 Å². The summed E-state index contributed by atoms with van der Waals surface area (Å²) in [6.45, 7) is 6.28. The lowest BCUT2D eigenvalue weighted by molar-refractivity contribution is -0.134. The average Bonchev–Trinajstić information content (AvgIpc) is 2.75. The molecule has 19 heavy (non-hydrogen) atoms. The van der Waals surface area contributed by atoms with Crippen LogP contribution >= 0.6 is 0 Å². The quantitative estimate of drug-likeness (QED) is 0.617. The number of hydrogen-bond donors (Lipinski definition) is 3. The minimum atomic E-state index is -0.598. The van der Waals surface area contributed by atoms with Crippen molar-refractivity contribution in [2.24, 2.45) is 17.6 Å². The Morgan fingerprint density at radius 2 is 2.11 bits per heavy atom. The number of carbonyl (C=O) groups excluding carboxylic acids is 2. The number of nitrogens with one attached hydrogen (secondary N) is 1. The summed E-state index contributed by atoms with van der Waals surface area (Å²) in [5.74, 6) is -0.140. The van der Waals surface area contributed by atoms with Gasteiger partial charge in [-0.15, -0.1) is 0 Å². The summed E-state index contributed by atoms with van der Waals surface area (Å²) < 4.78 is 0. The van der Waals surface area contributed by atoms with Crippen LogP contribution in [0.5, 0.6) is 0 Å². The highest BCUT2D eigenvalue weighted by Crippen LogP contribution is 2.23. The van der Waals surface area contributed by atoms with Gasteiger partial charge in [-0.3, -0.25) is 9.59 Å². The number of carbonyl (C=O) groups is 2. The summed E-state index contributed by atoms with van der Waals surface area (Å²) in [5.41, 5.74) is 5.70. The van der Waals surface area contributed by atoms with Gasteiger partial charge in [0.05, 0.1) is 25.2 Å². The first kappa shape index (κ1) is 15.9. The first-order chi connectivity index (χ1) is 8.88. The van der Waals surface area contributed by atoms with Gasteiger partial charge in [-0.2, -0.15) is 0 Å². The molecule has 2 unspecified atom stereocenters. The lowest BCUT2D eigenvalue weighted by Gasteiger charge is -2.25. The third-order valence-corrected chi connectivity index (χ3v) is 3.82. The lowest BCUT2D eigenvalue weighted by Crippen LogP contribution is -2.49. The summed E-state index contributed by atoms with van der Waals surface area (Å²) in [6.07, 6.45) is 0.885. The van der Waals surface area contributed by atoms with Crippen LogP contribution in [0.2, 0.25) is 0 Å². The molecule has 0 saturated carbocycles. The molecule has 6 nitrogen and oxygen atoms in total. The van der Waals surface area contributed by atoms with Crippen LogP contribution in [0, 0.1) is 11.8 Å². The normalized spacial score (nSPS) is 24.6. The largest absolute Gasteiger partial charge is 0.394 e. The van der Waals surface area contributed by atoms with E-state index in [4.69, 9.17) is 5.73 Å². The first-order valence-corrected chi connectivity index (χ1v) is 6.82. The molecule has 0 aromatic rings.